The number of likely N-dealkylation sites (tertiary alicyclic amines) is 1. The number of ether oxygens (including phenoxy) is 1. The number of hydrogen-bond donors (Lipinski definition) is 1. The highest BCUT2D eigenvalue weighted by Gasteiger charge is 2.49. The van der Waals surface area contributed by atoms with Gasteiger partial charge in [0, 0.05) is 57.7 Å². The van der Waals surface area contributed by atoms with Crippen LogP contribution in [-0.4, -0.2) is 78.2 Å². The van der Waals surface area contributed by atoms with Crippen LogP contribution in [0.1, 0.15) is 25.5 Å². The zero-order valence-corrected chi connectivity index (χ0v) is 18.0. The Morgan fingerprint density at radius 2 is 1.94 bits per heavy atom. The second-order valence-corrected chi connectivity index (χ2v) is 8.24. The molecule has 1 N–H and O–H groups in total. The summed E-state index contributed by atoms with van der Waals surface area (Å²) in [6, 6.07) is 11.6. The number of benzene rings is 1. The third-order valence-corrected chi connectivity index (χ3v) is 6.20. The first-order valence-electron chi connectivity index (χ1n) is 11.0. The van der Waals surface area contributed by atoms with Gasteiger partial charge >= 0.3 is 0 Å². The van der Waals surface area contributed by atoms with Crippen molar-refractivity contribution >= 4 is 11.8 Å². The van der Waals surface area contributed by atoms with Crippen LogP contribution in [0.4, 0.5) is 0 Å². The van der Waals surface area contributed by atoms with Crippen molar-refractivity contribution in [1.82, 2.24) is 20.3 Å². The monoisotopic (exact) mass is 426 g/mol. The molecule has 3 heterocycles. The highest BCUT2D eigenvalue weighted by molar-refractivity contribution is 5.91. The minimum atomic E-state index is -0.940. The van der Waals surface area contributed by atoms with E-state index in [1.807, 2.05) is 36.4 Å². The van der Waals surface area contributed by atoms with Crippen molar-refractivity contribution in [3.63, 3.8) is 0 Å². The van der Waals surface area contributed by atoms with Gasteiger partial charge in [0.15, 0.2) is 0 Å². The summed E-state index contributed by atoms with van der Waals surface area (Å²) in [7, 11) is 0. The molecule has 2 fully saturated rings. The van der Waals surface area contributed by atoms with Crippen LogP contribution in [0.3, 0.4) is 0 Å². The van der Waals surface area contributed by atoms with E-state index in [2.05, 4.69) is 15.4 Å². The number of carbonyl (C=O) groups excluding carboxylic acids is 2. The lowest BCUT2D eigenvalue weighted by molar-refractivity contribution is -0.144. The SMILES string of the molecule is CC(=O)N1CCCC1(Cc1cc(-c2ccccc2)no1)C(=O)NCCN1CCOCC1. The van der Waals surface area contributed by atoms with Gasteiger partial charge in [-0.1, -0.05) is 35.5 Å². The summed E-state index contributed by atoms with van der Waals surface area (Å²) in [6.07, 6.45) is 1.71. The molecule has 8 heteroatoms. The molecule has 1 aromatic carbocycles. The van der Waals surface area contributed by atoms with E-state index in [-0.39, 0.29) is 11.8 Å². The van der Waals surface area contributed by atoms with E-state index in [9.17, 15) is 9.59 Å². The van der Waals surface area contributed by atoms with Gasteiger partial charge in [-0.25, -0.2) is 0 Å². The fourth-order valence-electron chi connectivity index (χ4n) is 4.58. The largest absolute Gasteiger partial charge is 0.379 e. The number of amides is 2. The lowest BCUT2D eigenvalue weighted by Gasteiger charge is -2.36. The highest BCUT2D eigenvalue weighted by atomic mass is 16.5. The summed E-state index contributed by atoms with van der Waals surface area (Å²) in [5.41, 5.74) is 0.742. The molecular formula is C23H30N4O4. The number of nitrogens with one attached hydrogen (secondary N) is 1. The van der Waals surface area contributed by atoms with Crippen LogP contribution in [0.15, 0.2) is 40.9 Å². The number of hydrogen-bond acceptors (Lipinski definition) is 6. The maximum absolute atomic E-state index is 13.4. The Morgan fingerprint density at radius 1 is 1.16 bits per heavy atom. The summed E-state index contributed by atoms with van der Waals surface area (Å²) < 4.78 is 11.0. The first-order valence-corrected chi connectivity index (χ1v) is 11.0. The van der Waals surface area contributed by atoms with Gasteiger partial charge in [-0.15, -0.1) is 0 Å². The Labute approximate surface area is 182 Å². The van der Waals surface area contributed by atoms with Gasteiger partial charge in [-0.05, 0) is 12.8 Å². The van der Waals surface area contributed by atoms with Crippen molar-refractivity contribution in [2.75, 3.05) is 45.9 Å². The zero-order chi connectivity index (χ0) is 21.7. The minimum absolute atomic E-state index is 0.0939. The normalized spacial score (nSPS) is 21.9. The van der Waals surface area contributed by atoms with Gasteiger partial charge < -0.3 is 19.5 Å². The van der Waals surface area contributed by atoms with Crippen molar-refractivity contribution in [2.45, 2.75) is 31.7 Å². The van der Waals surface area contributed by atoms with E-state index < -0.39 is 5.54 Å². The predicted molar refractivity (Wildman–Crippen MR) is 115 cm³/mol. The van der Waals surface area contributed by atoms with Gasteiger partial charge in [0.1, 0.15) is 17.0 Å². The molecule has 1 atom stereocenters. The van der Waals surface area contributed by atoms with Crippen LogP contribution in [0, 0.1) is 0 Å². The molecule has 1 unspecified atom stereocenters. The number of carbonyl (C=O) groups is 2. The summed E-state index contributed by atoms with van der Waals surface area (Å²) in [5.74, 6) is 0.394. The van der Waals surface area contributed by atoms with Crippen LogP contribution >= 0.6 is 0 Å². The van der Waals surface area contributed by atoms with Crippen LogP contribution < -0.4 is 5.32 Å². The molecule has 1 aromatic heterocycles. The van der Waals surface area contributed by atoms with Crippen LogP contribution in [0.25, 0.3) is 11.3 Å². The highest BCUT2D eigenvalue weighted by Crippen LogP contribution is 2.34. The summed E-state index contributed by atoms with van der Waals surface area (Å²) in [6.45, 7) is 6.62. The Kier molecular flexibility index (Phi) is 6.67. The van der Waals surface area contributed by atoms with E-state index in [0.717, 1.165) is 50.5 Å². The molecule has 2 saturated heterocycles. The third kappa shape index (κ3) is 4.80. The van der Waals surface area contributed by atoms with Crippen LogP contribution in [0.2, 0.25) is 0 Å². The molecule has 4 rings (SSSR count). The van der Waals surface area contributed by atoms with Gasteiger partial charge in [0.2, 0.25) is 11.8 Å². The fourth-order valence-corrected chi connectivity index (χ4v) is 4.58. The molecule has 2 aliphatic rings. The van der Waals surface area contributed by atoms with Gasteiger partial charge in [0.05, 0.1) is 13.2 Å². The average Bonchev–Trinajstić information content (AvgIpc) is 3.43. The standard InChI is InChI=1S/C23H30N4O4/c1-18(28)27-10-5-8-23(27,22(29)24-9-11-26-12-14-30-15-13-26)17-20-16-21(25-31-20)19-6-3-2-4-7-19/h2-4,6-7,16H,5,8-15,17H2,1H3,(H,24,29). The van der Waals surface area contributed by atoms with Crippen molar-refractivity contribution in [3.8, 4) is 11.3 Å². The quantitative estimate of drug-likeness (QED) is 0.725. The van der Waals surface area contributed by atoms with E-state index >= 15 is 0 Å². The summed E-state index contributed by atoms with van der Waals surface area (Å²) >= 11 is 0. The fraction of sp³-hybridized carbons (Fsp3) is 0.522. The maximum Gasteiger partial charge on any atom is 0.246 e. The number of nitrogens with zero attached hydrogens (tertiary/aromatic N) is 3. The smallest absolute Gasteiger partial charge is 0.246 e. The van der Waals surface area contributed by atoms with E-state index in [1.165, 1.54) is 6.92 Å². The molecular weight excluding hydrogens is 396 g/mol. The Hall–Kier alpha value is -2.71. The molecule has 8 nitrogen and oxygen atoms in total. The van der Waals surface area contributed by atoms with Crippen molar-refractivity contribution in [2.24, 2.45) is 0 Å². The maximum atomic E-state index is 13.4. The molecule has 0 aliphatic carbocycles. The predicted octanol–water partition coefficient (Wildman–Crippen LogP) is 1.71. The Morgan fingerprint density at radius 3 is 2.68 bits per heavy atom. The topological polar surface area (TPSA) is 87.9 Å². The Balaban J connectivity index is 1.48. The minimum Gasteiger partial charge on any atom is -0.379 e. The Bertz CT molecular complexity index is 894. The van der Waals surface area contributed by atoms with E-state index in [0.29, 0.717) is 31.7 Å². The first kappa shape index (κ1) is 21.5. The van der Waals surface area contributed by atoms with Crippen molar-refractivity contribution in [1.29, 1.82) is 0 Å². The van der Waals surface area contributed by atoms with Gasteiger partial charge in [-0.2, -0.15) is 0 Å². The van der Waals surface area contributed by atoms with Crippen molar-refractivity contribution < 1.29 is 18.8 Å². The lowest BCUT2D eigenvalue weighted by atomic mass is 9.89. The second kappa shape index (κ2) is 9.62. The molecule has 2 amide bonds. The summed E-state index contributed by atoms with van der Waals surface area (Å²) in [4.78, 5) is 29.7. The second-order valence-electron chi connectivity index (χ2n) is 8.24. The van der Waals surface area contributed by atoms with Crippen molar-refractivity contribution in [3.05, 3.63) is 42.2 Å². The van der Waals surface area contributed by atoms with Crippen LogP contribution in [0.5, 0.6) is 0 Å². The summed E-state index contributed by atoms with van der Waals surface area (Å²) in [5, 5.41) is 7.26. The molecule has 166 valence electrons. The average molecular weight is 427 g/mol. The molecule has 31 heavy (non-hydrogen) atoms. The molecule has 0 radical (unpaired) electrons. The molecule has 0 saturated carbocycles. The molecule has 2 aliphatic heterocycles. The third-order valence-electron chi connectivity index (χ3n) is 6.20. The molecule has 0 spiro atoms. The number of aromatic nitrogens is 1. The van der Waals surface area contributed by atoms with E-state index in [4.69, 9.17) is 9.26 Å². The first-order chi connectivity index (χ1) is 15.1. The molecule has 2 aromatic rings. The number of rotatable bonds is 7. The van der Waals surface area contributed by atoms with E-state index in [1.54, 1.807) is 4.90 Å². The van der Waals surface area contributed by atoms with Gasteiger partial charge in [-0.3, -0.25) is 14.5 Å². The zero-order valence-electron chi connectivity index (χ0n) is 18.0. The number of morpholine rings is 1. The van der Waals surface area contributed by atoms with Gasteiger partial charge in [0.25, 0.3) is 0 Å². The lowest BCUT2D eigenvalue weighted by Crippen LogP contribution is -2.59. The van der Waals surface area contributed by atoms with Crippen LogP contribution in [-0.2, 0) is 20.7 Å². The molecule has 0 bridgehead atoms.